The summed E-state index contributed by atoms with van der Waals surface area (Å²) < 4.78 is 5.49. The van der Waals surface area contributed by atoms with E-state index in [0.29, 0.717) is 11.5 Å². The Balaban J connectivity index is 1.91. The summed E-state index contributed by atoms with van der Waals surface area (Å²) in [7, 11) is 0. The number of carbonyl (C=O) groups is 1. The lowest BCUT2D eigenvalue weighted by Crippen LogP contribution is -2.40. The van der Waals surface area contributed by atoms with Gasteiger partial charge in [0.1, 0.15) is 11.5 Å². The van der Waals surface area contributed by atoms with Crippen LogP contribution in [0.2, 0.25) is 0 Å². The molecule has 1 amide bonds. The first-order valence-electron chi connectivity index (χ1n) is 5.40. The maximum Gasteiger partial charge on any atom is 0.269 e. The van der Waals surface area contributed by atoms with Crippen molar-refractivity contribution >= 4 is 11.7 Å². The highest BCUT2D eigenvalue weighted by atomic mass is 16.5. The largest absolute Gasteiger partial charge is 0.382 e. The number of aromatic amines is 1. The van der Waals surface area contributed by atoms with Crippen LogP contribution in [0, 0.1) is 0 Å². The van der Waals surface area contributed by atoms with Gasteiger partial charge >= 0.3 is 0 Å². The van der Waals surface area contributed by atoms with Crippen molar-refractivity contribution in [2.45, 2.75) is 31.9 Å². The Labute approximate surface area is 93.5 Å². The fourth-order valence-electron chi connectivity index (χ4n) is 1.83. The highest BCUT2D eigenvalue weighted by Gasteiger charge is 2.24. The number of nitrogens with two attached hydrogens (primary N) is 1. The van der Waals surface area contributed by atoms with Crippen LogP contribution in [0.1, 0.15) is 30.3 Å². The van der Waals surface area contributed by atoms with E-state index in [2.05, 4.69) is 15.5 Å². The fraction of sp³-hybridized carbons (Fsp3) is 0.600. The summed E-state index contributed by atoms with van der Waals surface area (Å²) in [6, 6.07) is 1.51. The molecule has 0 aliphatic carbocycles. The van der Waals surface area contributed by atoms with E-state index in [1.807, 2.05) is 6.92 Å². The van der Waals surface area contributed by atoms with Gasteiger partial charge in [-0.3, -0.25) is 9.89 Å². The standard InChI is InChI=1S/C10H16N4O2/c1-6(8-3-2-4-16-8)12-10(15)7-5-9(11)14-13-7/h5-6,8H,2-4H2,1H3,(H,12,15)(H3,11,13,14). The zero-order valence-electron chi connectivity index (χ0n) is 9.19. The van der Waals surface area contributed by atoms with Gasteiger partial charge in [-0.25, -0.2) is 0 Å². The van der Waals surface area contributed by atoms with Gasteiger partial charge in [0.2, 0.25) is 0 Å². The number of ether oxygens (including phenoxy) is 1. The van der Waals surface area contributed by atoms with Crippen molar-refractivity contribution in [3.8, 4) is 0 Å². The van der Waals surface area contributed by atoms with E-state index < -0.39 is 0 Å². The summed E-state index contributed by atoms with van der Waals surface area (Å²) in [5.74, 6) is 0.113. The van der Waals surface area contributed by atoms with Crippen LogP contribution in [-0.2, 0) is 4.74 Å². The predicted molar refractivity (Wildman–Crippen MR) is 58.9 cm³/mol. The Kier molecular flexibility index (Phi) is 3.09. The molecule has 2 atom stereocenters. The number of rotatable bonds is 3. The minimum absolute atomic E-state index is 0.000440. The van der Waals surface area contributed by atoms with Crippen molar-refractivity contribution in [3.63, 3.8) is 0 Å². The second kappa shape index (κ2) is 4.52. The van der Waals surface area contributed by atoms with Gasteiger partial charge in [0, 0.05) is 12.7 Å². The number of nitrogens with zero attached hydrogens (tertiary/aromatic N) is 1. The lowest BCUT2D eigenvalue weighted by atomic mass is 10.1. The number of H-pyrrole nitrogens is 1. The monoisotopic (exact) mass is 224 g/mol. The second-order valence-corrected chi connectivity index (χ2v) is 4.02. The van der Waals surface area contributed by atoms with Gasteiger partial charge in [0.25, 0.3) is 5.91 Å². The molecule has 1 aromatic rings. The van der Waals surface area contributed by atoms with Crippen LogP contribution in [-0.4, -0.2) is 34.9 Å². The first kappa shape index (κ1) is 10.9. The van der Waals surface area contributed by atoms with Crippen LogP contribution in [0.4, 0.5) is 5.82 Å². The lowest BCUT2D eigenvalue weighted by molar-refractivity contribution is 0.0709. The number of carbonyl (C=O) groups excluding carboxylic acids is 1. The Bertz CT molecular complexity index is 371. The molecule has 1 aliphatic rings. The molecule has 2 rings (SSSR count). The Hall–Kier alpha value is -1.56. The molecule has 0 aromatic carbocycles. The summed E-state index contributed by atoms with van der Waals surface area (Å²) >= 11 is 0. The maximum absolute atomic E-state index is 11.7. The zero-order valence-corrected chi connectivity index (χ0v) is 9.19. The molecule has 0 radical (unpaired) electrons. The highest BCUT2D eigenvalue weighted by Crippen LogP contribution is 2.15. The number of nitrogens with one attached hydrogen (secondary N) is 2. The lowest BCUT2D eigenvalue weighted by Gasteiger charge is -2.19. The molecule has 4 N–H and O–H groups in total. The van der Waals surface area contributed by atoms with Crippen LogP contribution in [0.5, 0.6) is 0 Å². The molecule has 0 bridgehead atoms. The van der Waals surface area contributed by atoms with Crippen molar-refractivity contribution < 1.29 is 9.53 Å². The summed E-state index contributed by atoms with van der Waals surface area (Å²) in [6.07, 6.45) is 2.17. The molecule has 0 spiro atoms. The molecule has 1 fully saturated rings. The van der Waals surface area contributed by atoms with E-state index in [1.165, 1.54) is 6.07 Å². The van der Waals surface area contributed by atoms with E-state index in [4.69, 9.17) is 10.5 Å². The van der Waals surface area contributed by atoms with Crippen LogP contribution in [0.15, 0.2) is 6.07 Å². The normalized spacial score (nSPS) is 21.9. The smallest absolute Gasteiger partial charge is 0.269 e. The van der Waals surface area contributed by atoms with Crippen molar-refractivity contribution in [1.82, 2.24) is 15.5 Å². The van der Waals surface area contributed by atoms with E-state index in [1.54, 1.807) is 0 Å². The van der Waals surface area contributed by atoms with Gasteiger partial charge in [-0.2, -0.15) is 5.10 Å². The number of nitrogen functional groups attached to an aromatic ring is 1. The first-order chi connectivity index (χ1) is 7.66. The van der Waals surface area contributed by atoms with Crippen molar-refractivity contribution in [3.05, 3.63) is 11.8 Å². The maximum atomic E-state index is 11.7. The molecular weight excluding hydrogens is 208 g/mol. The van der Waals surface area contributed by atoms with Crippen LogP contribution in [0.25, 0.3) is 0 Å². The molecule has 1 aromatic heterocycles. The number of hydrogen-bond acceptors (Lipinski definition) is 4. The second-order valence-electron chi connectivity index (χ2n) is 4.02. The van der Waals surface area contributed by atoms with E-state index >= 15 is 0 Å². The quantitative estimate of drug-likeness (QED) is 0.688. The van der Waals surface area contributed by atoms with E-state index in [9.17, 15) is 4.79 Å². The molecule has 6 heteroatoms. The molecule has 0 saturated carbocycles. The average Bonchev–Trinajstić information content (AvgIpc) is 2.87. The Morgan fingerprint density at radius 1 is 1.81 bits per heavy atom. The average molecular weight is 224 g/mol. The van der Waals surface area contributed by atoms with Gasteiger partial charge in [0.05, 0.1) is 12.1 Å². The van der Waals surface area contributed by atoms with Crippen molar-refractivity contribution in [2.24, 2.45) is 0 Å². The van der Waals surface area contributed by atoms with Gasteiger partial charge in [-0.15, -0.1) is 0 Å². The third-order valence-corrected chi connectivity index (χ3v) is 2.72. The van der Waals surface area contributed by atoms with Crippen LogP contribution >= 0.6 is 0 Å². The molecule has 16 heavy (non-hydrogen) atoms. The summed E-state index contributed by atoms with van der Waals surface area (Å²) in [4.78, 5) is 11.7. The van der Waals surface area contributed by atoms with Gasteiger partial charge in [0.15, 0.2) is 0 Å². The van der Waals surface area contributed by atoms with Crippen LogP contribution in [0.3, 0.4) is 0 Å². The van der Waals surface area contributed by atoms with Crippen molar-refractivity contribution in [2.75, 3.05) is 12.3 Å². The topological polar surface area (TPSA) is 93.0 Å². The number of anilines is 1. The molecule has 6 nitrogen and oxygen atoms in total. The Morgan fingerprint density at radius 3 is 3.19 bits per heavy atom. The number of hydrogen-bond donors (Lipinski definition) is 3. The fourth-order valence-corrected chi connectivity index (χ4v) is 1.83. The molecule has 88 valence electrons. The first-order valence-corrected chi connectivity index (χ1v) is 5.40. The van der Waals surface area contributed by atoms with Gasteiger partial charge in [-0.05, 0) is 19.8 Å². The molecule has 2 heterocycles. The SMILES string of the molecule is CC(NC(=O)c1cc(N)n[nH]1)C1CCCO1. The summed E-state index contributed by atoms with van der Waals surface area (Å²) in [5, 5.41) is 9.14. The van der Waals surface area contributed by atoms with Crippen molar-refractivity contribution in [1.29, 1.82) is 0 Å². The third-order valence-electron chi connectivity index (χ3n) is 2.72. The molecule has 1 aliphatic heterocycles. The third kappa shape index (κ3) is 2.33. The van der Waals surface area contributed by atoms with E-state index in [-0.39, 0.29) is 18.1 Å². The summed E-state index contributed by atoms with van der Waals surface area (Å²) in [6.45, 7) is 2.72. The number of aromatic nitrogens is 2. The summed E-state index contributed by atoms with van der Waals surface area (Å²) in [5.41, 5.74) is 5.80. The minimum Gasteiger partial charge on any atom is -0.382 e. The zero-order chi connectivity index (χ0) is 11.5. The Morgan fingerprint density at radius 2 is 2.62 bits per heavy atom. The number of amides is 1. The van der Waals surface area contributed by atoms with E-state index in [0.717, 1.165) is 19.4 Å². The highest BCUT2D eigenvalue weighted by molar-refractivity contribution is 5.93. The predicted octanol–water partition coefficient (Wildman–Crippen LogP) is 0.289. The minimum atomic E-state index is -0.202. The molecule has 1 saturated heterocycles. The van der Waals surface area contributed by atoms with Gasteiger partial charge in [-0.1, -0.05) is 0 Å². The van der Waals surface area contributed by atoms with Crippen LogP contribution < -0.4 is 11.1 Å². The molecular formula is C10H16N4O2. The molecule has 2 unspecified atom stereocenters. The van der Waals surface area contributed by atoms with Gasteiger partial charge < -0.3 is 15.8 Å².